The summed E-state index contributed by atoms with van der Waals surface area (Å²) in [5.74, 6) is 0.947. The summed E-state index contributed by atoms with van der Waals surface area (Å²) in [6, 6.07) is 8.26. The van der Waals surface area contributed by atoms with Gasteiger partial charge in [0.1, 0.15) is 0 Å². The summed E-state index contributed by atoms with van der Waals surface area (Å²) in [6.07, 6.45) is 2.72. The predicted octanol–water partition coefficient (Wildman–Crippen LogP) is 3.54. The van der Waals surface area contributed by atoms with E-state index >= 15 is 0 Å². The maximum Gasteiger partial charge on any atom is 0.193 e. The van der Waals surface area contributed by atoms with Gasteiger partial charge in [0.05, 0.1) is 5.01 Å². The summed E-state index contributed by atoms with van der Waals surface area (Å²) in [5, 5.41) is 4.24. The fourth-order valence-electron chi connectivity index (χ4n) is 1.95. The molecule has 5 heteroatoms. The van der Waals surface area contributed by atoms with E-state index < -0.39 is 0 Å². The van der Waals surface area contributed by atoms with E-state index in [4.69, 9.17) is 5.73 Å². The minimum Gasteiger partial charge on any atom is -0.370 e. The molecule has 0 aliphatic rings. The van der Waals surface area contributed by atoms with E-state index in [1.165, 1.54) is 10.4 Å². The van der Waals surface area contributed by atoms with Crippen molar-refractivity contribution in [2.75, 3.05) is 11.9 Å². The smallest absolute Gasteiger partial charge is 0.193 e. The van der Waals surface area contributed by atoms with Gasteiger partial charge in [-0.05, 0) is 30.5 Å². The normalized spacial score (nSPS) is 11.9. The SMILES string of the molecule is Cc1cnc(CCN=C(N)Nc2cccc(C(C)C)c2)s1. The second-order valence-electron chi connectivity index (χ2n) is 5.29. The fourth-order valence-corrected chi connectivity index (χ4v) is 2.73. The Bertz CT molecular complexity index is 616. The second kappa shape index (κ2) is 7.22. The van der Waals surface area contributed by atoms with Gasteiger partial charge in [-0.3, -0.25) is 4.99 Å². The van der Waals surface area contributed by atoms with Crippen molar-refractivity contribution < 1.29 is 0 Å². The van der Waals surface area contributed by atoms with E-state index in [0.717, 1.165) is 17.1 Å². The third kappa shape index (κ3) is 4.86. The molecule has 0 amide bonds. The lowest BCUT2D eigenvalue weighted by Crippen LogP contribution is -2.23. The number of guanidine groups is 1. The van der Waals surface area contributed by atoms with Crippen LogP contribution < -0.4 is 11.1 Å². The van der Waals surface area contributed by atoms with E-state index in [1.807, 2.05) is 18.3 Å². The number of benzene rings is 1. The number of aryl methyl sites for hydroxylation is 1. The van der Waals surface area contributed by atoms with Crippen molar-refractivity contribution in [3.05, 3.63) is 45.9 Å². The van der Waals surface area contributed by atoms with Gasteiger partial charge in [-0.25, -0.2) is 4.98 Å². The summed E-state index contributed by atoms with van der Waals surface area (Å²) in [5.41, 5.74) is 8.19. The molecule has 0 atom stereocenters. The summed E-state index contributed by atoms with van der Waals surface area (Å²) in [7, 11) is 0. The minimum atomic E-state index is 0.448. The molecular weight excluding hydrogens is 280 g/mol. The summed E-state index contributed by atoms with van der Waals surface area (Å²) in [4.78, 5) is 9.89. The molecule has 2 aromatic rings. The zero-order valence-electron chi connectivity index (χ0n) is 12.8. The summed E-state index contributed by atoms with van der Waals surface area (Å²) >= 11 is 1.71. The Balaban J connectivity index is 1.89. The van der Waals surface area contributed by atoms with Crippen LogP contribution in [0.15, 0.2) is 35.5 Å². The molecule has 0 saturated heterocycles. The van der Waals surface area contributed by atoms with Crippen LogP contribution in [0, 0.1) is 6.92 Å². The highest BCUT2D eigenvalue weighted by atomic mass is 32.1. The quantitative estimate of drug-likeness (QED) is 0.656. The van der Waals surface area contributed by atoms with Gasteiger partial charge < -0.3 is 11.1 Å². The van der Waals surface area contributed by atoms with Crippen LogP contribution in [0.5, 0.6) is 0 Å². The van der Waals surface area contributed by atoms with E-state index in [2.05, 4.69) is 48.2 Å². The van der Waals surface area contributed by atoms with Crippen LogP contribution >= 0.6 is 11.3 Å². The lowest BCUT2D eigenvalue weighted by Gasteiger charge is -2.09. The van der Waals surface area contributed by atoms with Gasteiger partial charge in [-0.15, -0.1) is 11.3 Å². The van der Waals surface area contributed by atoms with Crippen molar-refractivity contribution in [1.29, 1.82) is 0 Å². The minimum absolute atomic E-state index is 0.448. The van der Waals surface area contributed by atoms with Crippen molar-refractivity contribution in [3.8, 4) is 0 Å². The monoisotopic (exact) mass is 302 g/mol. The Morgan fingerprint density at radius 3 is 2.90 bits per heavy atom. The molecule has 0 aliphatic carbocycles. The van der Waals surface area contributed by atoms with Gasteiger partial charge in [0.25, 0.3) is 0 Å². The van der Waals surface area contributed by atoms with Crippen LogP contribution in [0.4, 0.5) is 5.69 Å². The Hall–Kier alpha value is -1.88. The molecule has 0 unspecified atom stereocenters. The number of hydrogen-bond acceptors (Lipinski definition) is 3. The van der Waals surface area contributed by atoms with Crippen LogP contribution in [0.25, 0.3) is 0 Å². The molecule has 2 rings (SSSR count). The number of hydrogen-bond donors (Lipinski definition) is 2. The van der Waals surface area contributed by atoms with Gasteiger partial charge in [0.15, 0.2) is 5.96 Å². The highest BCUT2D eigenvalue weighted by Crippen LogP contribution is 2.18. The second-order valence-corrected chi connectivity index (χ2v) is 6.61. The molecular formula is C16H22N4S. The average Bonchev–Trinajstić information content (AvgIpc) is 2.84. The maximum atomic E-state index is 5.92. The van der Waals surface area contributed by atoms with E-state index in [-0.39, 0.29) is 0 Å². The summed E-state index contributed by atoms with van der Waals surface area (Å²) in [6.45, 7) is 7.05. The van der Waals surface area contributed by atoms with Crippen LogP contribution in [0.1, 0.15) is 35.2 Å². The highest BCUT2D eigenvalue weighted by Gasteiger charge is 2.02. The molecule has 112 valence electrons. The molecule has 1 heterocycles. The zero-order valence-corrected chi connectivity index (χ0v) is 13.6. The predicted molar refractivity (Wildman–Crippen MR) is 91.2 cm³/mol. The van der Waals surface area contributed by atoms with Crippen LogP contribution in [0.3, 0.4) is 0 Å². The topological polar surface area (TPSA) is 63.3 Å². The van der Waals surface area contributed by atoms with Gasteiger partial charge in [0.2, 0.25) is 0 Å². The largest absolute Gasteiger partial charge is 0.370 e. The Morgan fingerprint density at radius 2 is 2.24 bits per heavy atom. The first-order valence-electron chi connectivity index (χ1n) is 7.13. The van der Waals surface area contributed by atoms with E-state index in [0.29, 0.717) is 18.4 Å². The van der Waals surface area contributed by atoms with Gasteiger partial charge >= 0.3 is 0 Å². The van der Waals surface area contributed by atoms with Crippen molar-refractivity contribution in [1.82, 2.24) is 4.98 Å². The van der Waals surface area contributed by atoms with Crippen molar-refractivity contribution >= 4 is 23.0 Å². The lowest BCUT2D eigenvalue weighted by atomic mass is 10.0. The molecule has 0 spiro atoms. The molecule has 3 N–H and O–H groups in total. The first kappa shape index (κ1) is 15.5. The fraction of sp³-hybridized carbons (Fsp3) is 0.375. The summed E-state index contributed by atoms with van der Waals surface area (Å²) < 4.78 is 0. The number of anilines is 1. The number of nitrogens with one attached hydrogen (secondary N) is 1. The van der Waals surface area contributed by atoms with Crippen molar-refractivity contribution in [2.24, 2.45) is 10.7 Å². The molecule has 0 fully saturated rings. The third-order valence-corrected chi connectivity index (χ3v) is 4.08. The van der Waals surface area contributed by atoms with Crippen molar-refractivity contribution in [2.45, 2.75) is 33.1 Å². The third-order valence-electron chi connectivity index (χ3n) is 3.10. The van der Waals surface area contributed by atoms with E-state index in [9.17, 15) is 0 Å². The number of aliphatic imine (C=N–C) groups is 1. The lowest BCUT2D eigenvalue weighted by molar-refractivity contribution is 0.867. The number of aromatic nitrogens is 1. The highest BCUT2D eigenvalue weighted by molar-refractivity contribution is 7.11. The molecule has 0 radical (unpaired) electrons. The number of rotatable bonds is 5. The maximum absolute atomic E-state index is 5.92. The van der Waals surface area contributed by atoms with Gasteiger partial charge in [-0.2, -0.15) is 0 Å². The van der Waals surface area contributed by atoms with Crippen LogP contribution in [0.2, 0.25) is 0 Å². The number of thiazole rings is 1. The first-order chi connectivity index (χ1) is 10.0. The molecule has 1 aromatic carbocycles. The molecule has 0 saturated carbocycles. The number of nitrogens with zero attached hydrogens (tertiary/aromatic N) is 2. The molecule has 21 heavy (non-hydrogen) atoms. The Morgan fingerprint density at radius 1 is 1.43 bits per heavy atom. The van der Waals surface area contributed by atoms with Gasteiger partial charge in [0, 0.05) is 29.7 Å². The molecule has 0 bridgehead atoms. The molecule has 1 aromatic heterocycles. The first-order valence-corrected chi connectivity index (χ1v) is 7.94. The average molecular weight is 302 g/mol. The van der Waals surface area contributed by atoms with E-state index in [1.54, 1.807) is 11.3 Å². The molecule has 4 nitrogen and oxygen atoms in total. The molecule has 0 aliphatic heterocycles. The Labute approximate surface area is 130 Å². The van der Waals surface area contributed by atoms with Crippen LogP contribution in [-0.2, 0) is 6.42 Å². The number of nitrogens with two attached hydrogens (primary N) is 1. The van der Waals surface area contributed by atoms with Gasteiger partial charge in [-0.1, -0.05) is 26.0 Å². The zero-order chi connectivity index (χ0) is 15.2. The van der Waals surface area contributed by atoms with Crippen LogP contribution in [-0.4, -0.2) is 17.5 Å². The van der Waals surface area contributed by atoms with Crippen molar-refractivity contribution in [3.63, 3.8) is 0 Å². The Kier molecular flexibility index (Phi) is 5.33. The standard InChI is InChI=1S/C16H22N4S/c1-11(2)13-5-4-6-14(9-13)20-16(17)18-8-7-15-19-10-12(3)21-15/h4-6,9-11H,7-8H2,1-3H3,(H3,17,18,20).